The number of nitrogens with one attached hydrogen (secondary N) is 1. The van der Waals surface area contributed by atoms with Crippen LogP contribution in [0.3, 0.4) is 0 Å². The molecule has 7 heteroatoms. The van der Waals surface area contributed by atoms with Crippen molar-refractivity contribution < 1.29 is 19.1 Å². The van der Waals surface area contributed by atoms with E-state index < -0.39 is 12.0 Å². The number of rotatable bonds is 5. The van der Waals surface area contributed by atoms with E-state index in [9.17, 15) is 14.4 Å². The molecule has 2 atom stereocenters. The molecular weight excluding hydrogens is 292 g/mol. The van der Waals surface area contributed by atoms with Gasteiger partial charge in [0, 0.05) is 6.04 Å². The van der Waals surface area contributed by atoms with Gasteiger partial charge in [-0.3, -0.25) is 14.5 Å². The Morgan fingerprint density at radius 2 is 2.29 bits per heavy atom. The van der Waals surface area contributed by atoms with E-state index in [0.29, 0.717) is 10.6 Å². The molecule has 1 aromatic rings. The van der Waals surface area contributed by atoms with E-state index in [1.165, 1.54) is 23.3 Å². The number of nitrogens with zero attached hydrogens (tertiary/aromatic N) is 1. The van der Waals surface area contributed by atoms with Crippen molar-refractivity contribution in [2.24, 2.45) is 0 Å². The molecule has 2 unspecified atom stereocenters. The van der Waals surface area contributed by atoms with E-state index in [2.05, 4.69) is 5.32 Å². The standard InChI is InChI=1S/C14H18N2O4S/c1-4-8(2)16-11(17)7-10(13(16)18)15-9-5-6-21-12(9)14(19)20-3/h5-6,8,10,15H,4,7H2,1-3H3. The highest BCUT2D eigenvalue weighted by molar-refractivity contribution is 7.12. The Kier molecular flexibility index (Phi) is 4.62. The smallest absolute Gasteiger partial charge is 0.350 e. The van der Waals surface area contributed by atoms with Gasteiger partial charge in [0.25, 0.3) is 5.91 Å². The monoisotopic (exact) mass is 310 g/mol. The van der Waals surface area contributed by atoms with Gasteiger partial charge in [-0.2, -0.15) is 0 Å². The third-order valence-corrected chi connectivity index (χ3v) is 4.47. The largest absolute Gasteiger partial charge is 0.465 e. The van der Waals surface area contributed by atoms with E-state index in [4.69, 9.17) is 4.74 Å². The van der Waals surface area contributed by atoms with Crippen molar-refractivity contribution in [2.75, 3.05) is 12.4 Å². The molecule has 0 aromatic carbocycles. The summed E-state index contributed by atoms with van der Waals surface area (Å²) in [6.45, 7) is 3.78. The minimum atomic E-state index is -0.621. The first-order valence-electron chi connectivity index (χ1n) is 6.77. The molecule has 114 valence electrons. The van der Waals surface area contributed by atoms with Crippen LogP contribution in [0.1, 0.15) is 36.4 Å². The predicted molar refractivity (Wildman–Crippen MR) is 79.3 cm³/mol. The topological polar surface area (TPSA) is 75.7 Å². The summed E-state index contributed by atoms with van der Waals surface area (Å²) in [5.74, 6) is -0.874. The number of hydrogen-bond acceptors (Lipinski definition) is 6. The lowest BCUT2D eigenvalue weighted by Crippen LogP contribution is -2.40. The Morgan fingerprint density at radius 1 is 1.57 bits per heavy atom. The summed E-state index contributed by atoms with van der Waals surface area (Å²) < 4.78 is 4.69. The number of thiophene rings is 1. The van der Waals surface area contributed by atoms with Gasteiger partial charge < -0.3 is 10.1 Å². The molecule has 1 N–H and O–H groups in total. The maximum Gasteiger partial charge on any atom is 0.350 e. The number of carbonyl (C=O) groups excluding carboxylic acids is 3. The van der Waals surface area contributed by atoms with Gasteiger partial charge in [0.1, 0.15) is 10.9 Å². The molecule has 0 aliphatic carbocycles. The lowest BCUT2D eigenvalue weighted by molar-refractivity contribution is -0.140. The SMILES string of the molecule is CCC(C)N1C(=O)CC(Nc2ccsc2C(=O)OC)C1=O. The van der Waals surface area contributed by atoms with Crippen LogP contribution in [0.15, 0.2) is 11.4 Å². The molecule has 6 nitrogen and oxygen atoms in total. The Hall–Kier alpha value is -1.89. The lowest BCUT2D eigenvalue weighted by Gasteiger charge is -2.21. The minimum Gasteiger partial charge on any atom is -0.465 e. The first-order chi connectivity index (χ1) is 9.99. The van der Waals surface area contributed by atoms with E-state index in [0.717, 1.165) is 6.42 Å². The predicted octanol–water partition coefficient (Wildman–Crippen LogP) is 1.87. The molecule has 0 radical (unpaired) electrons. The molecular formula is C14H18N2O4S. The second-order valence-corrected chi connectivity index (χ2v) is 5.83. The third-order valence-electron chi connectivity index (χ3n) is 3.58. The molecule has 2 amide bonds. The molecule has 21 heavy (non-hydrogen) atoms. The summed E-state index contributed by atoms with van der Waals surface area (Å²) in [7, 11) is 1.31. The summed E-state index contributed by atoms with van der Waals surface area (Å²) in [6.07, 6.45) is 0.829. The number of esters is 1. The third kappa shape index (κ3) is 2.92. The van der Waals surface area contributed by atoms with Crippen LogP contribution in [-0.2, 0) is 14.3 Å². The second-order valence-electron chi connectivity index (χ2n) is 4.92. The number of hydrogen-bond donors (Lipinski definition) is 1. The molecule has 0 saturated carbocycles. The van der Waals surface area contributed by atoms with Crippen LogP contribution < -0.4 is 5.32 Å². The second kappa shape index (κ2) is 6.26. The molecule has 2 rings (SSSR count). The van der Waals surface area contributed by atoms with E-state index >= 15 is 0 Å². The number of methoxy groups -OCH3 is 1. The average Bonchev–Trinajstić information content (AvgIpc) is 3.03. The van der Waals surface area contributed by atoms with Crippen LogP contribution >= 0.6 is 11.3 Å². The number of ether oxygens (including phenoxy) is 1. The van der Waals surface area contributed by atoms with Gasteiger partial charge in [0.15, 0.2) is 0 Å². The number of likely N-dealkylation sites (tertiary alicyclic amines) is 1. The summed E-state index contributed by atoms with van der Waals surface area (Å²) in [5, 5.41) is 4.73. The molecule has 0 bridgehead atoms. The fourth-order valence-corrected chi connectivity index (χ4v) is 3.04. The van der Waals surface area contributed by atoms with Gasteiger partial charge in [0.05, 0.1) is 19.2 Å². The van der Waals surface area contributed by atoms with Crippen molar-refractivity contribution in [1.29, 1.82) is 0 Å². The van der Waals surface area contributed by atoms with Gasteiger partial charge in [-0.15, -0.1) is 11.3 Å². The van der Waals surface area contributed by atoms with Gasteiger partial charge >= 0.3 is 5.97 Å². The number of carbonyl (C=O) groups is 3. The maximum atomic E-state index is 12.3. The Balaban J connectivity index is 2.15. The highest BCUT2D eigenvalue weighted by atomic mass is 32.1. The van der Waals surface area contributed by atoms with Crippen LogP contribution in [-0.4, -0.2) is 41.9 Å². The van der Waals surface area contributed by atoms with Gasteiger partial charge in [-0.05, 0) is 24.8 Å². The number of anilines is 1. The summed E-state index contributed by atoms with van der Waals surface area (Å²) in [6, 6.07) is 0.976. The van der Waals surface area contributed by atoms with Gasteiger partial charge in [0.2, 0.25) is 5.91 Å². The van der Waals surface area contributed by atoms with E-state index in [-0.39, 0.29) is 24.3 Å². The minimum absolute atomic E-state index is 0.111. The highest BCUT2D eigenvalue weighted by Crippen LogP contribution is 2.27. The fourth-order valence-electron chi connectivity index (χ4n) is 2.27. The van der Waals surface area contributed by atoms with E-state index in [1.807, 2.05) is 13.8 Å². The van der Waals surface area contributed by atoms with Crippen LogP contribution in [0.4, 0.5) is 5.69 Å². The van der Waals surface area contributed by atoms with Crippen molar-refractivity contribution in [3.05, 3.63) is 16.3 Å². The maximum absolute atomic E-state index is 12.3. The van der Waals surface area contributed by atoms with Gasteiger partial charge in [-0.1, -0.05) is 6.92 Å². The normalized spacial score (nSPS) is 19.8. The average molecular weight is 310 g/mol. The van der Waals surface area contributed by atoms with Crippen molar-refractivity contribution in [3.63, 3.8) is 0 Å². The van der Waals surface area contributed by atoms with Crippen molar-refractivity contribution in [3.8, 4) is 0 Å². The fraction of sp³-hybridized carbons (Fsp3) is 0.500. The van der Waals surface area contributed by atoms with Crippen LogP contribution in [0.2, 0.25) is 0 Å². The first kappa shape index (κ1) is 15.5. The zero-order valence-electron chi connectivity index (χ0n) is 12.2. The lowest BCUT2D eigenvalue weighted by atomic mass is 10.2. The molecule has 1 aliphatic heterocycles. The van der Waals surface area contributed by atoms with Crippen molar-refractivity contribution in [2.45, 2.75) is 38.8 Å². The van der Waals surface area contributed by atoms with Crippen LogP contribution in [0, 0.1) is 0 Å². The highest BCUT2D eigenvalue weighted by Gasteiger charge is 2.41. The van der Waals surface area contributed by atoms with Crippen molar-refractivity contribution >= 4 is 34.8 Å². The number of imide groups is 1. The zero-order chi connectivity index (χ0) is 15.6. The molecule has 1 saturated heterocycles. The zero-order valence-corrected chi connectivity index (χ0v) is 13.0. The first-order valence-corrected chi connectivity index (χ1v) is 7.65. The molecule has 2 heterocycles. The summed E-state index contributed by atoms with van der Waals surface area (Å²) in [4.78, 5) is 37.6. The van der Waals surface area contributed by atoms with E-state index in [1.54, 1.807) is 11.4 Å². The quantitative estimate of drug-likeness (QED) is 0.664. The molecule has 1 fully saturated rings. The van der Waals surface area contributed by atoms with Crippen LogP contribution in [0.25, 0.3) is 0 Å². The van der Waals surface area contributed by atoms with Gasteiger partial charge in [-0.25, -0.2) is 4.79 Å². The number of amides is 2. The van der Waals surface area contributed by atoms with Crippen molar-refractivity contribution in [1.82, 2.24) is 4.90 Å². The molecule has 1 aromatic heterocycles. The Bertz CT molecular complexity index is 569. The summed E-state index contributed by atoms with van der Waals surface area (Å²) in [5.41, 5.74) is 0.531. The Labute approximate surface area is 127 Å². The molecule has 0 spiro atoms. The summed E-state index contributed by atoms with van der Waals surface area (Å²) >= 11 is 1.23. The Morgan fingerprint density at radius 3 is 2.90 bits per heavy atom. The van der Waals surface area contributed by atoms with Crippen LogP contribution in [0.5, 0.6) is 0 Å². The molecule has 1 aliphatic rings.